The van der Waals surface area contributed by atoms with Gasteiger partial charge in [-0.1, -0.05) is 29.3 Å². The van der Waals surface area contributed by atoms with Gasteiger partial charge in [0.25, 0.3) is 0 Å². The molecule has 1 atom stereocenters. The van der Waals surface area contributed by atoms with Crippen molar-refractivity contribution in [1.29, 1.82) is 0 Å². The van der Waals surface area contributed by atoms with E-state index in [2.05, 4.69) is 21.2 Å². The molecule has 4 heteroatoms. The van der Waals surface area contributed by atoms with Crippen molar-refractivity contribution in [3.8, 4) is 0 Å². The smallest absolute Gasteiger partial charge is 0.124 e. The Balaban J connectivity index is 2.45. The molecule has 1 aromatic carbocycles. The maximum atomic E-state index is 13.1. The van der Waals surface area contributed by atoms with Gasteiger partial charge in [0.2, 0.25) is 0 Å². The van der Waals surface area contributed by atoms with Crippen LogP contribution >= 0.6 is 15.9 Å². The van der Waals surface area contributed by atoms with E-state index >= 15 is 0 Å². The lowest BCUT2D eigenvalue weighted by Gasteiger charge is -2.23. The van der Waals surface area contributed by atoms with Crippen LogP contribution in [0.1, 0.15) is 32.3 Å². The van der Waals surface area contributed by atoms with Gasteiger partial charge in [-0.15, -0.1) is 0 Å². The first kappa shape index (κ1) is 14.6. The van der Waals surface area contributed by atoms with E-state index in [0.717, 1.165) is 22.9 Å². The zero-order valence-electron chi connectivity index (χ0n) is 10.3. The SMILES string of the molecule is CCCC(C)(O)CNCc1cc(F)cc(Br)c1. The minimum atomic E-state index is -0.695. The fraction of sp³-hybridized carbons (Fsp3) is 0.538. The maximum absolute atomic E-state index is 13.1. The summed E-state index contributed by atoms with van der Waals surface area (Å²) in [6.07, 6.45) is 1.70. The number of aliphatic hydroxyl groups is 1. The van der Waals surface area contributed by atoms with Gasteiger partial charge in [0.15, 0.2) is 0 Å². The highest BCUT2D eigenvalue weighted by Crippen LogP contribution is 2.15. The molecule has 0 amide bonds. The van der Waals surface area contributed by atoms with Crippen molar-refractivity contribution in [2.45, 2.75) is 38.8 Å². The summed E-state index contributed by atoms with van der Waals surface area (Å²) in [5, 5.41) is 13.1. The second-order valence-corrected chi connectivity index (χ2v) is 5.54. The predicted molar refractivity (Wildman–Crippen MR) is 71.3 cm³/mol. The fourth-order valence-electron chi connectivity index (χ4n) is 1.82. The molecule has 0 bridgehead atoms. The van der Waals surface area contributed by atoms with E-state index in [-0.39, 0.29) is 5.82 Å². The van der Waals surface area contributed by atoms with Crippen LogP contribution in [-0.2, 0) is 6.54 Å². The van der Waals surface area contributed by atoms with E-state index in [4.69, 9.17) is 0 Å². The summed E-state index contributed by atoms with van der Waals surface area (Å²) in [4.78, 5) is 0. The van der Waals surface area contributed by atoms with E-state index in [0.29, 0.717) is 13.1 Å². The minimum absolute atomic E-state index is 0.253. The summed E-state index contributed by atoms with van der Waals surface area (Å²) in [5.74, 6) is -0.253. The van der Waals surface area contributed by atoms with E-state index < -0.39 is 5.60 Å². The van der Waals surface area contributed by atoms with Crippen LogP contribution in [0.25, 0.3) is 0 Å². The Hall–Kier alpha value is -0.450. The standard InChI is InChI=1S/C13H19BrFNO/c1-3-4-13(2,17)9-16-8-10-5-11(14)7-12(15)6-10/h5-7,16-17H,3-4,8-9H2,1-2H3. The minimum Gasteiger partial charge on any atom is -0.389 e. The van der Waals surface area contributed by atoms with Crippen LogP contribution in [-0.4, -0.2) is 17.3 Å². The molecule has 2 N–H and O–H groups in total. The normalized spacial score (nSPS) is 14.6. The van der Waals surface area contributed by atoms with Crippen LogP contribution < -0.4 is 5.32 Å². The molecular formula is C13H19BrFNO. The van der Waals surface area contributed by atoms with Crippen molar-refractivity contribution in [3.63, 3.8) is 0 Å². The molecule has 0 heterocycles. The number of hydrogen-bond donors (Lipinski definition) is 2. The van der Waals surface area contributed by atoms with Crippen molar-refractivity contribution in [3.05, 3.63) is 34.1 Å². The molecule has 17 heavy (non-hydrogen) atoms. The highest BCUT2D eigenvalue weighted by molar-refractivity contribution is 9.10. The molecule has 0 radical (unpaired) electrons. The van der Waals surface area contributed by atoms with Crippen molar-refractivity contribution in [2.75, 3.05) is 6.54 Å². The lowest BCUT2D eigenvalue weighted by molar-refractivity contribution is 0.0498. The second-order valence-electron chi connectivity index (χ2n) is 4.63. The Morgan fingerprint density at radius 2 is 2.12 bits per heavy atom. The van der Waals surface area contributed by atoms with E-state index in [1.165, 1.54) is 12.1 Å². The first-order valence-electron chi connectivity index (χ1n) is 5.81. The van der Waals surface area contributed by atoms with Gasteiger partial charge >= 0.3 is 0 Å². The molecule has 0 aromatic heterocycles. The first-order chi connectivity index (χ1) is 7.93. The molecule has 96 valence electrons. The third-order valence-electron chi connectivity index (χ3n) is 2.55. The largest absolute Gasteiger partial charge is 0.389 e. The Labute approximate surface area is 110 Å². The fourth-order valence-corrected chi connectivity index (χ4v) is 2.33. The number of hydrogen-bond acceptors (Lipinski definition) is 2. The third kappa shape index (κ3) is 5.61. The molecule has 0 fully saturated rings. The Morgan fingerprint density at radius 3 is 2.71 bits per heavy atom. The highest BCUT2D eigenvalue weighted by atomic mass is 79.9. The van der Waals surface area contributed by atoms with E-state index in [1.807, 2.05) is 19.9 Å². The quantitative estimate of drug-likeness (QED) is 0.846. The maximum Gasteiger partial charge on any atom is 0.124 e. The molecule has 0 saturated carbocycles. The molecule has 2 nitrogen and oxygen atoms in total. The Morgan fingerprint density at radius 1 is 1.41 bits per heavy atom. The molecule has 1 rings (SSSR count). The average Bonchev–Trinajstić information content (AvgIpc) is 2.15. The molecule has 0 saturated heterocycles. The van der Waals surface area contributed by atoms with Gasteiger partial charge in [-0.05, 0) is 37.1 Å². The summed E-state index contributed by atoms with van der Waals surface area (Å²) in [6.45, 7) is 4.91. The molecule has 0 aliphatic carbocycles. The molecule has 0 aliphatic rings. The van der Waals surface area contributed by atoms with Gasteiger partial charge in [0, 0.05) is 17.6 Å². The van der Waals surface area contributed by atoms with Crippen LogP contribution in [0, 0.1) is 5.82 Å². The van der Waals surface area contributed by atoms with E-state index in [9.17, 15) is 9.50 Å². The zero-order chi connectivity index (χ0) is 12.9. The van der Waals surface area contributed by atoms with Crippen molar-refractivity contribution in [1.82, 2.24) is 5.32 Å². The summed E-state index contributed by atoms with van der Waals surface area (Å²) in [7, 11) is 0. The van der Waals surface area contributed by atoms with Crippen molar-refractivity contribution < 1.29 is 9.50 Å². The van der Waals surface area contributed by atoms with Crippen molar-refractivity contribution >= 4 is 15.9 Å². The van der Waals surface area contributed by atoms with Crippen LogP contribution in [0.3, 0.4) is 0 Å². The summed E-state index contributed by atoms with van der Waals surface area (Å²) in [5.41, 5.74) is 0.170. The van der Waals surface area contributed by atoms with Gasteiger partial charge in [-0.2, -0.15) is 0 Å². The van der Waals surface area contributed by atoms with Crippen LogP contribution in [0.2, 0.25) is 0 Å². The van der Waals surface area contributed by atoms with E-state index in [1.54, 1.807) is 0 Å². The van der Waals surface area contributed by atoms with Gasteiger partial charge < -0.3 is 10.4 Å². The molecule has 1 unspecified atom stereocenters. The summed E-state index contributed by atoms with van der Waals surface area (Å²) >= 11 is 3.25. The van der Waals surface area contributed by atoms with Crippen LogP contribution in [0.5, 0.6) is 0 Å². The molecular weight excluding hydrogens is 285 g/mol. The van der Waals surface area contributed by atoms with Gasteiger partial charge in [0.1, 0.15) is 5.82 Å². The molecule has 0 aliphatic heterocycles. The Bertz CT molecular complexity index is 348. The molecule has 1 aromatic rings. The number of rotatable bonds is 6. The zero-order valence-corrected chi connectivity index (χ0v) is 11.8. The summed E-state index contributed by atoms with van der Waals surface area (Å²) in [6, 6.07) is 4.79. The summed E-state index contributed by atoms with van der Waals surface area (Å²) < 4.78 is 13.8. The van der Waals surface area contributed by atoms with Crippen LogP contribution in [0.15, 0.2) is 22.7 Å². The van der Waals surface area contributed by atoms with Crippen LogP contribution in [0.4, 0.5) is 4.39 Å². The number of nitrogens with one attached hydrogen (secondary N) is 1. The number of halogens is 2. The lowest BCUT2D eigenvalue weighted by Crippen LogP contribution is -2.37. The van der Waals surface area contributed by atoms with Gasteiger partial charge in [-0.25, -0.2) is 4.39 Å². The monoisotopic (exact) mass is 303 g/mol. The Kier molecular flexibility index (Phi) is 5.56. The lowest BCUT2D eigenvalue weighted by atomic mass is 10.0. The average molecular weight is 304 g/mol. The first-order valence-corrected chi connectivity index (χ1v) is 6.60. The predicted octanol–water partition coefficient (Wildman–Crippen LogP) is 3.23. The third-order valence-corrected chi connectivity index (χ3v) is 3.00. The van der Waals surface area contributed by atoms with Gasteiger partial charge in [-0.3, -0.25) is 0 Å². The number of benzene rings is 1. The van der Waals surface area contributed by atoms with Crippen molar-refractivity contribution in [2.24, 2.45) is 0 Å². The highest BCUT2D eigenvalue weighted by Gasteiger charge is 2.17. The van der Waals surface area contributed by atoms with Gasteiger partial charge in [0.05, 0.1) is 5.60 Å². The topological polar surface area (TPSA) is 32.3 Å². The molecule has 0 spiro atoms. The second kappa shape index (κ2) is 6.47.